The van der Waals surface area contributed by atoms with E-state index < -0.39 is 16.1 Å². The van der Waals surface area contributed by atoms with E-state index in [-0.39, 0.29) is 5.75 Å². The molecule has 1 unspecified atom stereocenters. The molecule has 0 aliphatic carbocycles. The van der Waals surface area contributed by atoms with Crippen LogP contribution in [0.3, 0.4) is 0 Å². The lowest BCUT2D eigenvalue weighted by molar-refractivity contribution is 0.166. The average Bonchev–Trinajstić information content (AvgIpc) is 2.44. The molecule has 1 aromatic carbocycles. The summed E-state index contributed by atoms with van der Waals surface area (Å²) in [6, 6.07) is 5.16. The first-order valence-electron chi connectivity index (χ1n) is 6.86. The number of methoxy groups -OCH3 is 1. The Bertz CT molecular complexity index is 571. The molecule has 112 valence electrons. The van der Waals surface area contributed by atoms with E-state index in [9.17, 15) is 13.5 Å². The van der Waals surface area contributed by atoms with E-state index in [2.05, 4.69) is 0 Å². The quantitative estimate of drug-likeness (QED) is 0.904. The first kappa shape index (κ1) is 15.1. The highest BCUT2D eigenvalue weighted by Gasteiger charge is 2.31. The van der Waals surface area contributed by atoms with Crippen LogP contribution in [0.2, 0.25) is 0 Å². The van der Waals surface area contributed by atoms with Gasteiger partial charge in [0.05, 0.1) is 24.7 Å². The fourth-order valence-electron chi connectivity index (χ4n) is 2.39. The van der Waals surface area contributed by atoms with E-state index in [1.54, 1.807) is 18.2 Å². The van der Waals surface area contributed by atoms with Crippen LogP contribution in [0.4, 0.5) is 5.69 Å². The van der Waals surface area contributed by atoms with Crippen molar-refractivity contribution < 1.29 is 18.3 Å². The zero-order valence-electron chi connectivity index (χ0n) is 11.9. The van der Waals surface area contributed by atoms with Crippen LogP contribution in [0.5, 0.6) is 5.75 Å². The lowest BCUT2D eigenvalue weighted by Gasteiger charge is -2.33. The number of aliphatic hydroxyl groups excluding tert-OH is 1. The van der Waals surface area contributed by atoms with Gasteiger partial charge in [-0.15, -0.1) is 0 Å². The van der Waals surface area contributed by atoms with Crippen LogP contribution < -0.4 is 9.04 Å². The van der Waals surface area contributed by atoms with E-state index in [0.29, 0.717) is 36.4 Å². The van der Waals surface area contributed by atoms with Gasteiger partial charge in [-0.2, -0.15) is 0 Å². The molecule has 20 heavy (non-hydrogen) atoms. The van der Waals surface area contributed by atoms with Gasteiger partial charge in [0.1, 0.15) is 5.75 Å². The Morgan fingerprint density at radius 3 is 2.85 bits per heavy atom. The van der Waals surface area contributed by atoms with Crippen LogP contribution in [0.1, 0.15) is 37.9 Å². The van der Waals surface area contributed by atoms with Gasteiger partial charge in [0.2, 0.25) is 10.0 Å². The summed E-state index contributed by atoms with van der Waals surface area (Å²) in [5.74, 6) is 0.726. The Morgan fingerprint density at radius 2 is 2.20 bits per heavy atom. The Hall–Kier alpha value is -1.27. The third-order valence-electron chi connectivity index (χ3n) is 3.56. The Morgan fingerprint density at radius 1 is 1.45 bits per heavy atom. The lowest BCUT2D eigenvalue weighted by Crippen LogP contribution is -2.38. The number of hydrogen-bond donors (Lipinski definition) is 1. The molecule has 1 N–H and O–H groups in total. The van der Waals surface area contributed by atoms with Gasteiger partial charge in [-0.1, -0.05) is 19.4 Å². The predicted molar refractivity (Wildman–Crippen MR) is 78.6 cm³/mol. The minimum Gasteiger partial charge on any atom is -0.497 e. The van der Waals surface area contributed by atoms with E-state index in [1.165, 1.54) is 11.4 Å². The van der Waals surface area contributed by atoms with Crippen molar-refractivity contribution in [2.24, 2.45) is 0 Å². The van der Waals surface area contributed by atoms with Crippen molar-refractivity contribution in [3.8, 4) is 5.75 Å². The first-order chi connectivity index (χ1) is 9.49. The minimum atomic E-state index is -3.34. The molecule has 1 aliphatic heterocycles. The van der Waals surface area contributed by atoms with Crippen molar-refractivity contribution in [1.29, 1.82) is 0 Å². The highest BCUT2D eigenvalue weighted by atomic mass is 32.2. The molecule has 1 heterocycles. The van der Waals surface area contributed by atoms with E-state index in [4.69, 9.17) is 4.74 Å². The van der Waals surface area contributed by atoms with Gasteiger partial charge in [-0.25, -0.2) is 8.42 Å². The molecule has 0 saturated heterocycles. The number of sulfonamides is 1. The molecule has 0 aromatic heterocycles. The van der Waals surface area contributed by atoms with Gasteiger partial charge < -0.3 is 9.84 Å². The molecule has 1 aliphatic rings. The van der Waals surface area contributed by atoms with E-state index in [0.717, 1.165) is 6.42 Å². The molecular formula is C14H21NO4S. The number of fused-ring (bicyclic) bond motifs is 1. The number of rotatable bonds is 5. The number of nitrogens with zero attached hydrogens (tertiary/aromatic N) is 1. The molecular weight excluding hydrogens is 278 g/mol. The predicted octanol–water partition coefficient (Wildman–Crippen LogP) is 2.07. The molecule has 1 atom stereocenters. The van der Waals surface area contributed by atoms with E-state index >= 15 is 0 Å². The number of benzene rings is 1. The Labute approximate surface area is 120 Å². The van der Waals surface area contributed by atoms with Crippen LogP contribution in [-0.4, -0.2) is 32.9 Å². The summed E-state index contributed by atoms with van der Waals surface area (Å²) in [5.41, 5.74) is 1.19. The summed E-state index contributed by atoms with van der Waals surface area (Å²) >= 11 is 0. The van der Waals surface area contributed by atoms with Crippen molar-refractivity contribution in [1.82, 2.24) is 0 Å². The Kier molecular flexibility index (Phi) is 4.55. The van der Waals surface area contributed by atoms with Gasteiger partial charge in [-0.3, -0.25) is 4.31 Å². The maximum absolute atomic E-state index is 12.4. The maximum Gasteiger partial charge on any atom is 0.235 e. The molecule has 0 fully saturated rings. The van der Waals surface area contributed by atoms with Gasteiger partial charge in [0, 0.05) is 18.2 Å². The summed E-state index contributed by atoms with van der Waals surface area (Å²) in [5, 5.41) is 10.0. The highest BCUT2D eigenvalue weighted by molar-refractivity contribution is 7.92. The van der Waals surface area contributed by atoms with Crippen molar-refractivity contribution in [2.75, 3.05) is 23.7 Å². The van der Waals surface area contributed by atoms with Crippen LogP contribution >= 0.6 is 0 Å². The molecule has 5 nitrogen and oxygen atoms in total. The van der Waals surface area contributed by atoms with Gasteiger partial charge in [0.15, 0.2) is 0 Å². The third kappa shape index (κ3) is 2.91. The molecule has 0 saturated carbocycles. The molecule has 0 amide bonds. The van der Waals surface area contributed by atoms with Gasteiger partial charge in [-0.05, 0) is 18.9 Å². The largest absolute Gasteiger partial charge is 0.497 e. The molecule has 1 aromatic rings. The van der Waals surface area contributed by atoms with Crippen molar-refractivity contribution in [3.05, 3.63) is 23.8 Å². The normalized spacial score (nSPS) is 18.8. The second-order valence-corrected chi connectivity index (χ2v) is 6.98. The van der Waals surface area contributed by atoms with Crippen molar-refractivity contribution in [2.45, 2.75) is 32.3 Å². The standard InChI is InChI=1S/C14H21NO4S/c1-3-4-9-20(17,18)15-8-7-14(16)12-6-5-11(19-2)10-13(12)15/h5-6,10,14,16H,3-4,7-9H2,1-2H3. The zero-order chi connectivity index (χ0) is 14.8. The van der Waals surface area contributed by atoms with Gasteiger partial charge in [0.25, 0.3) is 0 Å². The Balaban J connectivity index is 2.41. The maximum atomic E-state index is 12.4. The zero-order valence-corrected chi connectivity index (χ0v) is 12.7. The number of hydrogen-bond acceptors (Lipinski definition) is 4. The topological polar surface area (TPSA) is 66.8 Å². The van der Waals surface area contributed by atoms with Crippen LogP contribution in [-0.2, 0) is 10.0 Å². The SMILES string of the molecule is CCCCS(=O)(=O)N1CCC(O)c2ccc(OC)cc21. The smallest absolute Gasteiger partial charge is 0.235 e. The summed E-state index contributed by atoms with van der Waals surface area (Å²) in [4.78, 5) is 0. The first-order valence-corrected chi connectivity index (χ1v) is 8.47. The second kappa shape index (κ2) is 6.01. The summed E-state index contributed by atoms with van der Waals surface area (Å²) < 4.78 is 31.4. The number of anilines is 1. The fraction of sp³-hybridized carbons (Fsp3) is 0.571. The van der Waals surface area contributed by atoms with Crippen molar-refractivity contribution >= 4 is 15.7 Å². The highest BCUT2D eigenvalue weighted by Crippen LogP contribution is 2.37. The third-order valence-corrected chi connectivity index (χ3v) is 5.42. The van der Waals surface area contributed by atoms with Crippen molar-refractivity contribution in [3.63, 3.8) is 0 Å². The minimum absolute atomic E-state index is 0.135. The molecule has 0 bridgehead atoms. The van der Waals surface area contributed by atoms with Gasteiger partial charge >= 0.3 is 0 Å². The monoisotopic (exact) mass is 299 g/mol. The van der Waals surface area contributed by atoms with Crippen LogP contribution in [0.25, 0.3) is 0 Å². The molecule has 6 heteroatoms. The number of ether oxygens (including phenoxy) is 1. The number of unbranched alkanes of at least 4 members (excludes halogenated alkanes) is 1. The van der Waals surface area contributed by atoms with Crippen LogP contribution in [0, 0.1) is 0 Å². The fourth-order valence-corrected chi connectivity index (χ4v) is 4.10. The van der Waals surface area contributed by atoms with E-state index in [1.807, 2.05) is 6.92 Å². The molecule has 2 rings (SSSR count). The molecule has 0 radical (unpaired) electrons. The number of aliphatic hydroxyl groups is 1. The summed E-state index contributed by atoms with van der Waals surface area (Å²) in [6.07, 6.45) is 1.28. The average molecular weight is 299 g/mol. The second-order valence-electron chi connectivity index (χ2n) is 4.97. The summed E-state index contributed by atoms with van der Waals surface area (Å²) in [6.45, 7) is 2.28. The summed E-state index contributed by atoms with van der Waals surface area (Å²) in [7, 11) is -1.80. The lowest BCUT2D eigenvalue weighted by atomic mass is 10.0. The molecule has 0 spiro atoms. The van der Waals surface area contributed by atoms with Crippen LogP contribution in [0.15, 0.2) is 18.2 Å².